The van der Waals surface area contributed by atoms with E-state index in [-0.39, 0.29) is 41.9 Å². The number of halogens is 1. The minimum Gasteiger partial charge on any atom is -0.486 e. The molecule has 35 heavy (non-hydrogen) atoms. The summed E-state index contributed by atoms with van der Waals surface area (Å²) in [6.45, 7) is 3.63. The SMILES string of the molecule is CC(=O)OCCN(CCCCC1CCCC1)C(=O)CCCOc1c(Cl)ccc(C(C)=O)c1[N+](=O)[O-]. The van der Waals surface area contributed by atoms with E-state index in [0.717, 1.165) is 18.8 Å². The Hall–Kier alpha value is -2.68. The molecule has 0 aromatic heterocycles. The number of nitro benzene ring substituents is 1. The van der Waals surface area contributed by atoms with Gasteiger partial charge in [0.05, 0.1) is 28.7 Å². The molecule has 0 saturated heterocycles. The van der Waals surface area contributed by atoms with Gasteiger partial charge in [-0.15, -0.1) is 0 Å². The third-order valence-electron chi connectivity index (χ3n) is 6.21. The van der Waals surface area contributed by atoms with E-state index in [2.05, 4.69) is 0 Å². The first-order chi connectivity index (χ1) is 16.7. The molecule has 0 spiro atoms. The lowest BCUT2D eigenvalue weighted by atomic mass is 10.0. The summed E-state index contributed by atoms with van der Waals surface area (Å²) in [6, 6.07) is 2.68. The van der Waals surface area contributed by atoms with Gasteiger partial charge in [-0.25, -0.2) is 0 Å². The second kappa shape index (κ2) is 14.7. The Bertz CT molecular complexity index is 900. The van der Waals surface area contributed by atoms with Crippen molar-refractivity contribution in [3.63, 3.8) is 0 Å². The Morgan fingerprint density at radius 2 is 1.80 bits per heavy atom. The quantitative estimate of drug-likeness (QED) is 0.102. The van der Waals surface area contributed by atoms with E-state index >= 15 is 0 Å². The predicted octanol–water partition coefficient (Wildman–Crippen LogP) is 5.36. The first kappa shape index (κ1) is 28.6. The fourth-order valence-corrected chi connectivity index (χ4v) is 4.61. The van der Waals surface area contributed by atoms with E-state index in [1.807, 2.05) is 0 Å². The van der Waals surface area contributed by atoms with Gasteiger partial charge in [-0.05, 0) is 37.8 Å². The summed E-state index contributed by atoms with van der Waals surface area (Å²) in [6.07, 6.45) is 8.82. The number of ether oxygens (including phenoxy) is 2. The van der Waals surface area contributed by atoms with Crippen molar-refractivity contribution in [2.75, 3.05) is 26.3 Å². The molecule has 0 heterocycles. The van der Waals surface area contributed by atoms with Gasteiger partial charge in [0.25, 0.3) is 0 Å². The van der Waals surface area contributed by atoms with Crippen molar-refractivity contribution in [1.29, 1.82) is 0 Å². The number of esters is 1. The number of unbranched alkanes of at least 4 members (excludes halogenated alkanes) is 1. The third-order valence-corrected chi connectivity index (χ3v) is 6.51. The number of nitro groups is 1. The Kier molecular flexibility index (Phi) is 12.0. The van der Waals surface area contributed by atoms with Crippen LogP contribution in [0.4, 0.5) is 5.69 Å². The van der Waals surface area contributed by atoms with Gasteiger partial charge in [-0.3, -0.25) is 24.5 Å². The van der Waals surface area contributed by atoms with Gasteiger partial charge in [-0.1, -0.05) is 50.1 Å². The fourth-order valence-electron chi connectivity index (χ4n) is 4.40. The van der Waals surface area contributed by atoms with Gasteiger partial charge in [0.2, 0.25) is 11.7 Å². The fraction of sp³-hybridized carbons (Fsp3) is 0.640. The Balaban J connectivity index is 1.88. The van der Waals surface area contributed by atoms with Crippen LogP contribution in [0.2, 0.25) is 5.02 Å². The predicted molar refractivity (Wildman–Crippen MR) is 132 cm³/mol. The standard InChI is InChI=1S/C25H35ClN2O7/c1-18(29)21-12-13-22(26)25(24(21)28(32)33)35-16-7-11-23(31)27(15-17-34-19(2)30)14-6-5-10-20-8-3-4-9-20/h12-13,20H,3-11,14-17H2,1-2H3. The summed E-state index contributed by atoms with van der Waals surface area (Å²) in [4.78, 5) is 48.2. The molecule has 9 nitrogen and oxygen atoms in total. The van der Waals surface area contributed by atoms with Gasteiger partial charge >= 0.3 is 11.7 Å². The van der Waals surface area contributed by atoms with Crippen LogP contribution >= 0.6 is 11.6 Å². The van der Waals surface area contributed by atoms with Crippen LogP contribution in [-0.2, 0) is 14.3 Å². The van der Waals surface area contributed by atoms with Crippen LogP contribution < -0.4 is 4.74 Å². The monoisotopic (exact) mass is 510 g/mol. The van der Waals surface area contributed by atoms with Crippen LogP contribution in [0.3, 0.4) is 0 Å². The number of amides is 1. The molecule has 1 fully saturated rings. The van der Waals surface area contributed by atoms with E-state index in [4.69, 9.17) is 21.1 Å². The number of nitrogens with zero attached hydrogens (tertiary/aromatic N) is 2. The van der Waals surface area contributed by atoms with E-state index in [0.29, 0.717) is 19.5 Å². The summed E-state index contributed by atoms with van der Waals surface area (Å²) in [5.41, 5.74) is -0.554. The van der Waals surface area contributed by atoms with Crippen molar-refractivity contribution in [2.45, 2.75) is 71.6 Å². The molecular weight excluding hydrogens is 476 g/mol. The van der Waals surface area contributed by atoms with Crippen LogP contribution in [0.5, 0.6) is 5.75 Å². The molecule has 1 aromatic rings. The summed E-state index contributed by atoms with van der Waals surface area (Å²) in [5, 5.41) is 11.5. The number of hydrogen-bond donors (Lipinski definition) is 0. The topological polar surface area (TPSA) is 116 Å². The molecule has 1 aliphatic carbocycles. The highest BCUT2D eigenvalue weighted by Gasteiger charge is 2.26. The lowest BCUT2D eigenvalue weighted by Crippen LogP contribution is -2.35. The second-order valence-electron chi connectivity index (χ2n) is 8.91. The summed E-state index contributed by atoms with van der Waals surface area (Å²) < 4.78 is 10.6. The number of ketones is 1. The van der Waals surface area contributed by atoms with Crippen LogP contribution in [0.25, 0.3) is 0 Å². The van der Waals surface area contributed by atoms with Gasteiger partial charge in [0.1, 0.15) is 6.61 Å². The highest BCUT2D eigenvalue weighted by Crippen LogP contribution is 2.38. The molecule has 0 unspecified atom stereocenters. The highest BCUT2D eigenvalue weighted by molar-refractivity contribution is 6.32. The lowest BCUT2D eigenvalue weighted by molar-refractivity contribution is -0.386. The van der Waals surface area contributed by atoms with Crippen molar-refractivity contribution in [3.05, 3.63) is 32.8 Å². The van der Waals surface area contributed by atoms with Gasteiger partial charge in [0, 0.05) is 19.9 Å². The van der Waals surface area contributed by atoms with Crippen molar-refractivity contribution in [1.82, 2.24) is 4.90 Å². The molecule has 0 bridgehead atoms. The third kappa shape index (κ3) is 9.47. The molecule has 194 valence electrons. The lowest BCUT2D eigenvalue weighted by Gasteiger charge is -2.23. The normalized spacial score (nSPS) is 13.5. The zero-order chi connectivity index (χ0) is 25.8. The molecule has 1 saturated carbocycles. The van der Waals surface area contributed by atoms with Gasteiger partial charge in [0.15, 0.2) is 5.78 Å². The molecule has 1 aliphatic rings. The molecule has 0 atom stereocenters. The van der Waals surface area contributed by atoms with Crippen molar-refractivity contribution >= 4 is 34.9 Å². The molecular formula is C25H35ClN2O7. The second-order valence-corrected chi connectivity index (χ2v) is 9.31. The number of carbonyl (C=O) groups is 3. The summed E-state index contributed by atoms with van der Waals surface area (Å²) in [5.74, 6) is -0.326. The van der Waals surface area contributed by atoms with Crippen molar-refractivity contribution in [3.8, 4) is 5.75 Å². The van der Waals surface area contributed by atoms with E-state index in [9.17, 15) is 24.5 Å². The molecule has 1 aromatic carbocycles. The van der Waals surface area contributed by atoms with Gasteiger partial charge < -0.3 is 14.4 Å². The minimum absolute atomic E-state index is 0.0210. The van der Waals surface area contributed by atoms with Crippen molar-refractivity contribution < 1.29 is 28.8 Å². The maximum absolute atomic E-state index is 12.8. The number of Topliss-reactive ketones (excluding diaryl/α,β-unsaturated/α-hetero) is 1. The van der Waals surface area contributed by atoms with Gasteiger partial charge in [-0.2, -0.15) is 0 Å². The molecule has 0 N–H and O–H groups in total. The number of benzene rings is 1. The molecule has 2 rings (SSSR count). The Morgan fingerprint density at radius 3 is 2.43 bits per heavy atom. The minimum atomic E-state index is -0.689. The maximum atomic E-state index is 12.8. The summed E-state index contributed by atoms with van der Waals surface area (Å²) >= 11 is 6.09. The first-order valence-electron chi connectivity index (χ1n) is 12.2. The number of rotatable bonds is 15. The summed E-state index contributed by atoms with van der Waals surface area (Å²) in [7, 11) is 0. The number of hydrogen-bond acceptors (Lipinski definition) is 7. The molecule has 0 aliphatic heterocycles. The average molecular weight is 511 g/mol. The van der Waals surface area contributed by atoms with Crippen LogP contribution in [0.15, 0.2) is 12.1 Å². The molecule has 1 amide bonds. The average Bonchev–Trinajstić information content (AvgIpc) is 3.31. The number of carbonyl (C=O) groups excluding carboxylic acids is 3. The smallest absolute Gasteiger partial charge is 0.323 e. The Morgan fingerprint density at radius 1 is 1.09 bits per heavy atom. The van der Waals surface area contributed by atoms with Crippen LogP contribution in [0.1, 0.15) is 82.0 Å². The maximum Gasteiger partial charge on any atom is 0.323 e. The zero-order valence-electron chi connectivity index (χ0n) is 20.6. The van der Waals surface area contributed by atoms with Crippen molar-refractivity contribution in [2.24, 2.45) is 5.92 Å². The van der Waals surface area contributed by atoms with E-state index in [1.165, 1.54) is 58.1 Å². The highest BCUT2D eigenvalue weighted by atomic mass is 35.5. The molecule has 0 radical (unpaired) electrons. The van der Waals surface area contributed by atoms with Crippen LogP contribution in [-0.4, -0.2) is 53.8 Å². The molecule has 10 heteroatoms. The van der Waals surface area contributed by atoms with E-state index < -0.39 is 22.4 Å². The van der Waals surface area contributed by atoms with E-state index in [1.54, 1.807) is 4.90 Å². The van der Waals surface area contributed by atoms with Crippen LogP contribution in [0, 0.1) is 16.0 Å². The largest absolute Gasteiger partial charge is 0.486 e. The Labute approximate surface area is 211 Å². The zero-order valence-corrected chi connectivity index (χ0v) is 21.3. The first-order valence-corrected chi connectivity index (χ1v) is 12.6.